The molecule has 0 amide bonds. The molecule has 2 aliphatic rings. The lowest BCUT2D eigenvalue weighted by Gasteiger charge is -2.28. The maximum atomic E-state index is 5.43. The molecular weight excluding hydrogens is 362 g/mol. The molecule has 0 aliphatic carbocycles. The number of anilines is 3. The van der Waals surface area contributed by atoms with Gasteiger partial charge in [-0.2, -0.15) is 0 Å². The van der Waals surface area contributed by atoms with Gasteiger partial charge in [0.05, 0.1) is 25.3 Å². The normalized spacial score (nSPS) is 16.2. The minimum absolute atomic E-state index is 0.376. The lowest BCUT2D eigenvalue weighted by Crippen LogP contribution is -2.36. The van der Waals surface area contributed by atoms with E-state index < -0.39 is 0 Å². The van der Waals surface area contributed by atoms with Gasteiger partial charge >= 0.3 is 0 Å². The van der Waals surface area contributed by atoms with Crippen LogP contribution in [0.4, 0.5) is 17.3 Å². The molecule has 0 radical (unpaired) electrons. The number of aliphatic imine (C=N–C) groups is 1. The summed E-state index contributed by atoms with van der Waals surface area (Å²) in [5, 5.41) is 4.40. The van der Waals surface area contributed by atoms with E-state index in [9.17, 15) is 0 Å². The van der Waals surface area contributed by atoms with Crippen molar-refractivity contribution < 1.29 is 4.74 Å². The van der Waals surface area contributed by atoms with Crippen molar-refractivity contribution in [2.24, 2.45) is 10.9 Å². The zero-order valence-corrected chi connectivity index (χ0v) is 16.9. The van der Waals surface area contributed by atoms with Gasteiger partial charge < -0.3 is 15.0 Å². The van der Waals surface area contributed by atoms with Crippen LogP contribution in [0.25, 0.3) is 10.9 Å². The molecule has 3 aromatic rings. The van der Waals surface area contributed by atoms with E-state index in [0.29, 0.717) is 11.9 Å². The zero-order valence-electron chi connectivity index (χ0n) is 16.9. The molecule has 5 rings (SSSR count). The lowest BCUT2D eigenvalue weighted by molar-refractivity contribution is 0.122. The van der Waals surface area contributed by atoms with Gasteiger partial charge in [-0.3, -0.25) is 4.99 Å². The van der Waals surface area contributed by atoms with Gasteiger partial charge in [-0.05, 0) is 35.7 Å². The van der Waals surface area contributed by atoms with Crippen molar-refractivity contribution in [2.45, 2.75) is 20.4 Å². The fourth-order valence-corrected chi connectivity index (χ4v) is 4.04. The zero-order chi connectivity index (χ0) is 19.8. The third-order valence-electron chi connectivity index (χ3n) is 5.56. The first-order valence-electron chi connectivity index (χ1n) is 10.2. The third kappa shape index (κ3) is 3.44. The standard InChI is InChI=1S/C23H25N5O/c1-15(2)21-20-16(13-24-21)3-4-17-14-25-23(27-22(17)20)26-18-5-7-19(8-6-18)28-9-11-29-12-10-28/h3-8,14-15H,9-13H2,1-2H3,(H,25,26,27). The number of aromatic nitrogens is 2. The van der Waals surface area contributed by atoms with Crippen LogP contribution in [0.5, 0.6) is 0 Å². The van der Waals surface area contributed by atoms with E-state index in [-0.39, 0.29) is 0 Å². The Bertz CT molecular complexity index is 1070. The second kappa shape index (κ2) is 7.44. The Balaban J connectivity index is 1.42. The Labute approximate surface area is 170 Å². The summed E-state index contributed by atoms with van der Waals surface area (Å²) in [6.45, 7) is 8.56. The highest BCUT2D eigenvalue weighted by Crippen LogP contribution is 2.30. The van der Waals surface area contributed by atoms with Crippen LogP contribution < -0.4 is 10.2 Å². The molecule has 6 nitrogen and oxygen atoms in total. The molecule has 148 valence electrons. The van der Waals surface area contributed by atoms with Crippen molar-refractivity contribution in [1.29, 1.82) is 0 Å². The quantitative estimate of drug-likeness (QED) is 0.728. The number of rotatable bonds is 4. The highest BCUT2D eigenvalue weighted by Gasteiger charge is 2.22. The van der Waals surface area contributed by atoms with E-state index in [2.05, 4.69) is 65.4 Å². The summed E-state index contributed by atoms with van der Waals surface area (Å²) in [6, 6.07) is 12.7. The fraction of sp³-hybridized carbons (Fsp3) is 0.348. The van der Waals surface area contributed by atoms with Crippen molar-refractivity contribution in [1.82, 2.24) is 9.97 Å². The molecule has 1 fully saturated rings. The summed E-state index contributed by atoms with van der Waals surface area (Å²) in [7, 11) is 0. The van der Waals surface area contributed by atoms with Crippen molar-refractivity contribution in [3.05, 3.63) is 53.7 Å². The number of nitrogens with one attached hydrogen (secondary N) is 1. The number of morpholine rings is 1. The van der Waals surface area contributed by atoms with Crippen LogP contribution in [0, 0.1) is 5.92 Å². The Morgan fingerprint density at radius 2 is 1.83 bits per heavy atom. The van der Waals surface area contributed by atoms with Gasteiger partial charge in [-0.15, -0.1) is 0 Å². The summed E-state index contributed by atoms with van der Waals surface area (Å²) in [5.41, 5.74) is 6.76. The molecule has 1 saturated heterocycles. The molecule has 6 heteroatoms. The molecule has 1 N–H and O–H groups in total. The monoisotopic (exact) mass is 387 g/mol. The number of nitrogens with zero attached hydrogens (tertiary/aromatic N) is 4. The van der Waals surface area contributed by atoms with Gasteiger partial charge in [0.1, 0.15) is 0 Å². The van der Waals surface area contributed by atoms with Gasteiger partial charge in [-0.1, -0.05) is 26.0 Å². The average Bonchev–Trinajstić information content (AvgIpc) is 3.20. The number of fused-ring (bicyclic) bond motifs is 3. The summed E-state index contributed by atoms with van der Waals surface area (Å²) >= 11 is 0. The molecule has 2 aliphatic heterocycles. The van der Waals surface area contributed by atoms with Crippen LogP contribution in [0.1, 0.15) is 25.0 Å². The SMILES string of the molecule is CC(C)C1=NCc2ccc3cnc(Nc4ccc(N5CCOCC5)cc4)nc3c21. The van der Waals surface area contributed by atoms with Crippen molar-refractivity contribution >= 4 is 33.9 Å². The fourth-order valence-electron chi connectivity index (χ4n) is 4.04. The van der Waals surface area contributed by atoms with Crippen LogP contribution in [0.3, 0.4) is 0 Å². The van der Waals surface area contributed by atoms with Gasteiger partial charge in [0.2, 0.25) is 5.95 Å². The van der Waals surface area contributed by atoms with Crippen LogP contribution in [-0.2, 0) is 11.3 Å². The summed E-state index contributed by atoms with van der Waals surface area (Å²) < 4.78 is 5.43. The number of ether oxygens (including phenoxy) is 1. The molecule has 0 atom stereocenters. The van der Waals surface area contributed by atoms with Crippen molar-refractivity contribution in [3.63, 3.8) is 0 Å². The third-order valence-corrected chi connectivity index (χ3v) is 5.56. The lowest BCUT2D eigenvalue weighted by atomic mass is 9.96. The predicted molar refractivity (Wildman–Crippen MR) is 117 cm³/mol. The van der Waals surface area contributed by atoms with Gasteiger partial charge in [0.15, 0.2) is 0 Å². The molecule has 0 saturated carbocycles. The number of benzene rings is 2. The maximum absolute atomic E-state index is 5.43. The first kappa shape index (κ1) is 18.1. The summed E-state index contributed by atoms with van der Waals surface area (Å²) in [6.07, 6.45) is 1.89. The molecular formula is C23H25N5O. The molecule has 0 spiro atoms. The second-order valence-corrected chi connectivity index (χ2v) is 7.86. The predicted octanol–water partition coefficient (Wildman–Crippen LogP) is 4.17. The first-order valence-corrected chi connectivity index (χ1v) is 10.2. The number of hydrogen-bond acceptors (Lipinski definition) is 6. The minimum Gasteiger partial charge on any atom is -0.378 e. The topological polar surface area (TPSA) is 62.6 Å². The molecule has 0 unspecified atom stereocenters. The molecule has 3 heterocycles. The van der Waals surface area contributed by atoms with Crippen LogP contribution in [-0.4, -0.2) is 42.0 Å². The highest BCUT2D eigenvalue weighted by molar-refractivity contribution is 6.13. The summed E-state index contributed by atoms with van der Waals surface area (Å²) in [4.78, 5) is 16.5. The Hall–Kier alpha value is -2.99. The van der Waals surface area contributed by atoms with E-state index in [1.54, 1.807) is 0 Å². The average molecular weight is 387 g/mol. The Morgan fingerprint density at radius 3 is 2.59 bits per heavy atom. The van der Waals surface area contributed by atoms with Crippen molar-refractivity contribution in [3.8, 4) is 0 Å². The number of hydrogen-bond donors (Lipinski definition) is 1. The minimum atomic E-state index is 0.376. The smallest absolute Gasteiger partial charge is 0.227 e. The first-order chi connectivity index (χ1) is 14.2. The van der Waals surface area contributed by atoms with E-state index in [1.165, 1.54) is 16.8 Å². The van der Waals surface area contributed by atoms with Crippen molar-refractivity contribution in [2.75, 3.05) is 36.5 Å². The van der Waals surface area contributed by atoms with E-state index in [4.69, 9.17) is 14.7 Å². The van der Waals surface area contributed by atoms with Crippen LogP contribution in [0.2, 0.25) is 0 Å². The van der Waals surface area contributed by atoms with E-state index in [1.807, 2.05) is 6.20 Å². The molecule has 1 aromatic heterocycles. The molecule has 2 aromatic carbocycles. The Kier molecular flexibility index (Phi) is 4.64. The van der Waals surface area contributed by atoms with Crippen LogP contribution >= 0.6 is 0 Å². The van der Waals surface area contributed by atoms with Gasteiger partial charge in [0, 0.05) is 47.3 Å². The van der Waals surface area contributed by atoms with E-state index >= 15 is 0 Å². The van der Waals surface area contributed by atoms with Crippen LogP contribution in [0.15, 0.2) is 47.6 Å². The van der Waals surface area contributed by atoms with Gasteiger partial charge in [0.25, 0.3) is 0 Å². The Morgan fingerprint density at radius 1 is 1.03 bits per heavy atom. The van der Waals surface area contributed by atoms with Gasteiger partial charge in [-0.25, -0.2) is 9.97 Å². The molecule has 29 heavy (non-hydrogen) atoms. The highest BCUT2D eigenvalue weighted by atomic mass is 16.5. The van der Waals surface area contributed by atoms with E-state index in [0.717, 1.165) is 55.2 Å². The molecule has 0 bridgehead atoms. The second-order valence-electron chi connectivity index (χ2n) is 7.86. The maximum Gasteiger partial charge on any atom is 0.227 e. The largest absolute Gasteiger partial charge is 0.378 e. The summed E-state index contributed by atoms with van der Waals surface area (Å²) in [5.74, 6) is 0.987.